The van der Waals surface area contributed by atoms with E-state index in [0.717, 1.165) is 0 Å². The van der Waals surface area contributed by atoms with Crippen molar-refractivity contribution >= 4 is 18.3 Å². The first-order valence-corrected chi connectivity index (χ1v) is 7.31. The van der Waals surface area contributed by atoms with Gasteiger partial charge in [0.15, 0.2) is 6.29 Å². The van der Waals surface area contributed by atoms with Crippen LogP contribution in [0.15, 0.2) is 42.5 Å². The summed E-state index contributed by atoms with van der Waals surface area (Å²) >= 11 is 0. The summed E-state index contributed by atoms with van der Waals surface area (Å²) in [4.78, 5) is 25.3. The van der Waals surface area contributed by atoms with Crippen molar-refractivity contribution in [2.45, 2.75) is 5.91 Å². The van der Waals surface area contributed by atoms with Crippen molar-refractivity contribution in [2.24, 2.45) is 0 Å². The number of aromatic hydroxyl groups is 1. The predicted molar refractivity (Wildman–Crippen MR) is 85.1 cm³/mol. The van der Waals surface area contributed by atoms with E-state index in [1.807, 2.05) is 0 Å². The Hall–Kier alpha value is -3.28. The molecular weight excluding hydrogens is 310 g/mol. The van der Waals surface area contributed by atoms with Gasteiger partial charge in [0.2, 0.25) is 0 Å². The standard InChI is InChI=1S/C18H13NO5/c1-19-17(22)12-4-2-3-5-15(12)23-18(19)9-8-11-6-7-14(21)13(10-20)16(11)24-18/h2-10,21H,1H3/t18-/m1/s1. The van der Waals surface area contributed by atoms with Crippen LogP contribution < -0.4 is 9.47 Å². The highest BCUT2D eigenvalue weighted by Crippen LogP contribution is 2.42. The van der Waals surface area contributed by atoms with E-state index in [9.17, 15) is 14.7 Å². The molecule has 120 valence electrons. The normalized spacial score (nSPS) is 20.9. The smallest absolute Gasteiger partial charge is 0.362 e. The predicted octanol–water partition coefficient (Wildman–Crippen LogP) is 2.43. The summed E-state index contributed by atoms with van der Waals surface area (Å²) in [7, 11) is 1.55. The number of amides is 1. The first-order valence-electron chi connectivity index (χ1n) is 7.31. The Bertz CT molecular complexity index is 904. The van der Waals surface area contributed by atoms with Crippen molar-refractivity contribution in [2.75, 3.05) is 7.05 Å². The summed E-state index contributed by atoms with van der Waals surface area (Å²) in [6, 6.07) is 9.90. The first kappa shape index (κ1) is 14.3. The molecule has 6 heteroatoms. The van der Waals surface area contributed by atoms with Crippen LogP contribution in [0.3, 0.4) is 0 Å². The van der Waals surface area contributed by atoms with Crippen molar-refractivity contribution in [3.05, 3.63) is 59.2 Å². The minimum atomic E-state index is -1.51. The monoisotopic (exact) mass is 323 g/mol. The summed E-state index contributed by atoms with van der Waals surface area (Å²) < 4.78 is 11.8. The number of hydrogen-bond donors (Lipinski definition) is 1. The molecule has 1 spiro atoms. The van der Waals surface area contributed by atoms with Crippen LogP contribution >= 0.6 is 0 Å². The Balaban J connectivity index is 1.86. The molecule has 0 bridgehead atoms. The fraction of sp³-hybridized carbons (Fsp3) is 0.111. The zero-order valence-electron chi connectivity index (χ0n) is 12.7. The number of carbonyl (C=O) groups is 2. The maximum atomic E-state index is 12.6. The molecule has 24 heavy (non-hydrogen) atoms. The lowest BCUT2D eigenvalue weighted by Crippen LogP contribution is -2.60. The Kier molecular flexibility index (Phi) is 2.90. The van der Waals surface area contributed by atoms with Gasteiger partial charge in [0.05, 0.1) is 11.1 Å². The summed E-state index contributed by atoms with van der Waals surface area (Å²) in [5, 5.41) is 9.87. The largest absolute Gasteiger partial charge is 0.507 e. The molecule has 1 atom stereocenters. The average Bonchev–Trinajstić information content (AvgIpc) is 2.60. The summed E-state index contributed by atoms with van der Waals surface area (Å²) in [6.07, 6.45) is 3.82. The third-order valence-electron chi connectivity index (χ3n) is 4.19. The van der Waals surface area contributed by atoms with Crippen LogP contribution in [0.1, 0.15) is 26.3 Å². The Morgan fingerprint density at radius 1 is 1.17 bits per heavy atom. The fourth-order valence-corrected chi connectivity index (χ4v) is 2.86. The van der Waals surface area contributed by atoms with Crippen LogP contribution in [0.5, 0.6) is 17.2 Å². The van der Waals surface area contributed by atoms with Crippen molar-refractivity contribution in [1.29, 1.82) is 0 Å². The van der Waals surface area contributed by atoms with Gasteiger partial charge in [-0.2, -0.15) is 0 Å². The Labute approximate surface area is 137 Å². The second-order valence-electron chi connectivity index (χ2n) is 5.56. The SMILES string of the molecule is CN1C(=O)c2ccccc2O[C@@]12C=Cc1ccc(O)c(C=O)c1O2. The molecule has 2 aromatic rings. The highest BCUT2D eigenvalue weighted by atomic mass is 16.7. The molecule has 0 aliphatic carbocycles. The van der Waals surface area contributed by atoms with Gasteiger partial charge in [0, 0.05) is 18.7 Å². The van der Waals surface area contributed by atoms with Crippen LogP contribution in [0.4, 0.5) is 0 Å². The van der Waals surface area contributed by atoms with Gasteiger partial charge in [-0.3, -0.25) is 14.5 Å². The number of aldehydes is 1. The molecule has 1 N–H and O–H groups in total. The second-order valence-corrected chi connectivity index (χ2v) is 5.56. The molecule has 0 fully saturated rings. The summed E-state index contributed by atoms with van der Waals surface area (Å²) in [5.41, 5.74) is 1.06. The number of phenolic OH excluding ortho intramolecular Hbond substituents is 1. The number of likely N-dealkylation sites (N-methyl/N-ethyl adjacent to an activating group) is 1. The number of para-hydroxylation sites is 1. The number of ether oxygens (including phenoxy) is 2. The van der Waals surface area contributed by atoms with Gasteiger partial charge in [-0.15, -0.1) is 0 Å². The number of nitrogens with zero attached hydrogens (tertiary/aromatic N) is 1. The Morgan fingerprint density at radius 2 is 1.96 bits per heavy atom. The van der Waals surface area contributed by atoms with E-state index in [2.05, 4.69) is 0 Å². The fourth-order valence-electron chi connectivity index (χ4n) is 2.86. The number of hydrogen-bond acceptors (Lipinski definition) is 5. The van der Waals surface area contributed by atoms with Crippen molar-refractivity contribution < 1.29 is 24.2 Å². The van der Waals surface area contributed by atoms with Gasteiger partial charge in [-0.05, 0) is 30.3 Å². The maximum Gasteiger partial charge on any atom is 0.362 e. The third-order valence-corrected chi connectivity index (χ3v) is 4.19. The Morgan fingerprint density at radius 3 is 2.75 bits per heavy atom. The first-order chi connectivity index (χ1) is 11.6. The van der Waals surface area contributed by atoms with Gasteiger partial charge >= 0.3 is 5.91 Å². The van der Waals surface area contributed by atoms with Crippen molar-refractivity contribution in [1.82, 2.24) is 4.90 Å². The average molecular weight is 323 g/mol. The molecule has 2 heterocycles. The van der Waals surface area contributed by atoms with E-state index in [1.165, 1.54) is 11.0 Å². The molecule has 0 radical (unpaired) electrons. The number of rotatable bonds is 1. The van der Waals surface area contributed by atoms with Crippen molar-refractivity contribution in [3.8, 4) is 17.2 Å². The molecule has 4 rings (SSSR count). The molecule has 0 aromatic heterocycles. The minimum absolute atomic E-state index is 0.0135. The van der Waals surface area contributed by atoms with Crippen LogP contribution in [-0.2, 0) is 0 Å². The second kappa shape index (κ2) is 4.86. The zero-order valence-corrected chi connectivity index (χ0v) is 12.7. The van der Waals surface area contributed by atoms with Crippen molar-refractivity contribution in [3.63, 3.8) is 0 Å². The molecule has 2 aliphatic rings. The van der Waals surface area contributed by atoms with Gasteiger partial charge in [-0.1, -0.05) is 12.1 Å². The van der Waals surface area contributed by atoms with Crippen LogP contribution in [0.25, 0.3) is 6.08 Å². The van der Waals surface area contributed by atoms with Gasteiger partial charge < -0.3 is 14.6 Å². The molecule has 1 amide bonds. The third kappa shape index (κ3) is 1.83. The topological polar surface area (TPSA) is 76.1 Å². The van der Waals surface area contributed by atoms with Gasteiger partial charge in [0.1, 0.15) is 17.2 Å². The molecule has 6 nitrogen and oxygen atoms in total. The number of fused-ring (bicyclic) bond motifs is 2. The van der Waals surface area contributed by atoms with E-state index in [-0.39, 0.29) is 23.0 Å². The van der Waals surface area contributed by atoms with Gasteiger partial charge in [-0.25, -0.2) is 0 Å². The van der Waals surface area contributed by atoms with E-state index in [0.29, 0.717) is 23.2 Å². The molecule has 0 saturated heterocycles. The maximum absolute atomic E-state index is 12.6. The van der Waals surface area contributed by atoms with E-state index >= 15 is 0 Å². The number of phenols is 1. The molecule has 2 aliphatic heterocycles. The van der Waals surface area contributed by atoms with Crippen LogP contribution in [0, 0.1) is 0 Å². The van der Waals surface area contributed by atoms with E-state index in [4.69, 9.17) is 9.47 Å². The summed E-state index contributed by atoms with van der Waals surface area (Å²) in [5.74, 6) is -1.41. The lowest BCUT2D eigenvalue weighted by molar-refractivity contribution is -0.166. The lowest BCUT2D eigenvalue weighted by Gasteiger charge is -2.44. The highest BCUT2D eigenvalue weighted by Gasteiger charge is 2.48. The quantitative estimate of drug-likeness (QED) is 0.816. The molecule has 0 unspecified atom stereocenters. The lowest BCUT2D eigenvalue weighted by atomic mass is 10.0. The molecule has 0 saturated carbocycles. The van der Waals surface area contributed by atoms with Crippen LogP contribution in [0.2, 0.25) is 0 Å². The number of carbonyl (C=O) groups excluding carboxylic acids is 2. The minimum Gasteiger partial charge on any atom is -0.507 e. The molecular formula is C18H13NO5. The summed E-state index contributed by atoms with van der Waals surface area (Å²) in [6.45, 7) is 0. The van der Waals surface area contributed by atoms with Gasteiger partial charge in [0.25, 0.3) is 5.91 Å². The zero-order chi connectivity index (χ0) is 16.9. The van der Waals surface area contributed by atoms with Crippen LogP contribution in [-0.4, -0.2) is 35.2 Å². The number of benzene rings is 2. The highest BCUT2D eigenvalue weighted by molar-refractivity contribution is 5.98. The molecule has 2 aromatic carbocycles. The van der Waals surface area contributed by atoms with E-state index < -0.39 is 5.91 Å². The van der Waals surface area contributed by atoms with E-state index in [1.54, 1.807) is 49.5 Å².